The van der Waals surface area contributed by atoms with E-state index in [2.05, 4.69) is 18.6 Å². The van der Waals surface area contributed by atoms with Crippen molar-refractivity contribution < 1.29 is 13.2 Å². The van der Waals surface area contributed by atoms with E-state index in [1.165, 1.54) is 0 Å². The monoisotopic (exact) mass is 263 g/mol. The first-order chi connectivity index (χ1) is 7.93. The number of nitrogens with one attached hydrogen (secondary N) is 1. The molecule has 2 atom stereocenters. The summed E-state index contributed by atoms with van der Waals surface area (Å²) in [5.41, 5.74) is 0. The van der Waals surface area contributed by atoms with Crippen LogP contribution in [0.4, 0.5) is 0 Å². The molecule has 0 aromatic rings. The van der Waals surface area contributed by atoms with Crippen molar-refractivity contribution in [3.05, 3.63) is 0 Å². The highest BCUT2D eigenvalue weighted by Crippen LogP contribution is 2.19. The van der Waals surface area contributed by atoms with Crippen molar-refractivity contribution in [3.8, 4) is 0 Å². The number of hydrogen-bond donors (Lipinski definition) is 1. The van der Waals surface area contributed by atoms with Crippen molar-refractivity contribution in [2.24, 2.45) is 5.92 Å². The molecule has 0 aromatic heterocycles. The van der Waals surface area contributed by atoms with E-state index in [4.69, 9.17) is 4.74 Å². The van der Waals surface area contributed by atoms with Gasteiger partial charge in [0.15, 0.2) is 0 Å². The van der Waals surface area contributed by atoms with Crippen molar-refractivity contribution in [2.75, 3.05) is 13.2 Å². The van der Waals surface area contributed by atoms with Gasteiger partial charge in [0.25, 0.3) is 0 Å². The Bertz CT molecular complexity index is 314. The lowest BCUT2D eigenvalue weighted by atomic mass is 10.1. The molecule has 0 bridgehead atoms. The van der Waals surface area contributed by atoms with Gasteiger partial charge in [-0.25, -0.2) is 13.1 Å². The second-order valence-corrected chi connectivity index (χ2v) is 7.22. The lowest BCUT2D eigenvalue weighted by Crippen LogP contribution is -2.38. The first kappa shape index (κ1) is 14.9. The average Bonchev–Trinajstić information content (AvgIpc) is 2.64. The maximum Gasteiger partial charge on any atom is 0.217 e. The summed E-state index contributed by atoms with van der Waals surface area (Å²) in [5.74, 6) is 0.690. The molecular weight excluding hydrogens is 238 g/mol. The zero-order valence-electron chi connectivity index (χ0n) is 11.1. The van der Waals surface area contributed by atoms with Gasteiger partial charge < -0.3 is 4.74 Å². The minimum atomic E-state index is -3.18. The fraction of sp³-hybridized carbons (Fsp3) is 1.00. The van der Waals surface area contributed by atoms with Gasteiger partial charge in [0.05, 0.1) is 6.10 Å². The van der Waals surface area contributed by atoms with Gasteiger partial charge >= 0.3 is 0 Å². The van der Waals surface area contributed by atoms with Crippen LogP contribution in [0.3, 0.4) is 0 Å². The molecule has 1 aliphatic heterocycles. The van der Waals surface area contributed by atoms with Crippen LogP contribution in [0.2, 0.25) is 0 Å². The number of hydrogen-bond acceptors (Lipinski definition) is 3. The standard InChI is InChI=1S/C12H25NO3S/c1-10(2)6-4-5-8-13-17(14,15)12-7-9-16-11(12)3/h10-13H,4-9H2,1-3H3/t11-,12+/m1/s1. The predicted octanol–water partition coefficient (Wildman–Crippen LogP) is 1.91. The van der Waals surface area contributed by atoms with E-state index >= 15 is 0 Å². The quantitative estimate of drug-likeness (QED) is 0.714. The largest absolute Gasteiger partial charge is 0.377 e. The van der Waals surface area contributed by atoms with E-state index in [9.17, 15) is 8.42 Å². The molecule has 0 spiro atoms. The van der Waals surface area contributed by atoms with Crippen molar-refractivity contribution in [2.45, 2.75) is 57.8 Å². The third-order valence-electron chi connectivity index (χ3n) is 3.22. The highest BCUT2D eigenvalue weighted by molar-refractivity contribution is 7.90. The molecule has 0 unspecified atom stereocenters. The van der Waals surface area contributed by atoms with Gasteiger partial charge in [0.2, 0.25) is 10.0 Å². The second-order valence-electron chi connectivity index (χ2n) is 5.23. The molecule has 102 valence electrons. The van der Waals surface area contributed by atoms with Gasteiger partial charge in [-0.1, -0.05) is 26.7 Å². The Kier molecular flexibility index (Phi) is 5.89. The number of ether oxygens (including phenoxy) is 1. The summed E-state index contributed by atoms with van der Waals surface area (Å²) in [5, 5.41) is -0.368. The Morgan fingerprint density at radius 2 is 2.06 bits per heavy atom. The zero-order valence-corrected chi connectivity index (χ0v) is 11.9. The average molecular weight is 263 g/mol. The molecule has 1 fully saturated rings. The van der Waals surface area contributed by atoms with Crippen LogP contribution >= 0.6 is 0 Å². The molecule has 0 amide bonds. The fourth-order valence-corrected chi connectivity index (χ4v) is 3.75. The first-order valence-corrected chi connectivity index (χ1v) is 8.08. The zero-order chi connectivity index (χ0) is 12.9. The van der Waals surface area contributed by atoms with E-state index in [0.717, 1.165) is 19.3 Å². The molecule has 1 N–H and O–H groups in total. The van der Waals surface area contributed by atoms with E-state index in [1.54, 1.807) is 0 Å². The lowest BCUT2D eigenvalue weighted by molar-refractivity contribution is 0.126. The van der Waals surface area contributed by atoms with E-state index in [-0.39, 0.29) is 11.4 Å². The number of unbranched alkanes of at least 4 members (excludes halogenated alkanes) is 1. The van der Waals surface area contributed by atoms with Gasteiger partial charge in [-0.3, -0.25) is 0 Å². The SMILES string of the molecule is CC(C)CCCCNS(=O)(=O)[C@H]1CCO[C@@H]1C. The third kappa shape index (κ3) is 4.94. The summed E-state index contributed by atoms with van der Waals surface area (Å²) in [4.78, 5) is 0. The van der Waals surface area contributed by atoms with Gasteiger partial charge in [-0.2, -0.15) is 0 Å². The van der Waals surface area contributed by atoms with Gasteiger partial charge in [0, 0.05) is 13.2 Å². The van der Waals surface area contributed by atoms with Crippen molar-refractivity contribution in [3.63, 3.8) is 0 Å². The van der Waals surface area contributed by atoms with Crippen LogP contribution in [0.25, 0.3) is 0 Å². The maximum atomic E-state index is 11.9. The smallest absolute Gasteiger partial charge is 0.217 e. The normalized spacial score (nSPS) is 25.6. The van der Waals surface area contributed by atoms with Crippen molar-refractivity contribution in [1.29, 1.82) is 0 Å². The summed E-state index contributed by atoms with van der Waals surface area (Å²) in [6.07, 6.45) is 3.59. The Morgan fingerprint density at radius 1 is 1.35 bits per heavy atom. The molecule has 1 heterocycles. The van der Waals surface area contributed by atoms with Crippen LogP contribution in [-0.2, 0) is 14.8 Å². The lowest BCUT2D eigenvalue weighted by Gasteiger charge is -2.15. The molecule has 1 saturated heterocycles. The van der Waals surface area contributed by atoms with E-state index in [0.29, 0.717) is 25.5 Å². The molecule has 0 saturated carbocycles. The maximum absolute atomic E-state index is 11.9. The van der Waals surface area contributed by atoms with E-state index in [1.807, 2.05) is 6.92 Å². The fourth-order valence-electron chi connectivity index (χ4n) is 2.12. The van der Waals surface area contributed by atoms with Crippen LogP contribution in [-0.4, -0.2) is 32.9 Å². The Labute approximate surface area is 105 Å². The van der Waals surface area contributed by atoms with Crippen molar-refractivity contribution in [1.82, 2.24) is 4.72 Å². The summed E-state index contributed by atoms with van der Waals surface area (Å²) in [6.45, 7) is 7.30. The molecular formula is C12H25NO3S. The molecule has 0 aliphatic carbocycles. The molecule has 1 rings (SSSR count). The topological polar surface area (TPSA) is 55.4 Å². The Morgan fingerprint density at radius 3 is 2.59 bits per heavy atom. The second kappa shape index (κ2) is 6.71. The molecule has 4 nitrogen and oxygen atoms in total. The number of sulfonamides is 1. The van der Waals surface area contributed by atoms with Crippen LogP contribution in [0.15, 0.2) is 0 Å². The van der Waals surface area contributed by atoms with Crippen molar-refractivity contribution >= 4 is 10.0 Å². The first-order valence-electron chi connectivity index (χ1n) is 6.53. The van der Waals surface area contributed by atoms with Gasteiger partial charge in [-0.05, 0) is 25.7 Å². The molecule has 17 heavy (non-hydrogen) atoms. The Balaban J connectivity index is 2.25. The predicted molar refractivity (Wildman–Crippen MR) is 69.4 cm³/mol. The van der Waals surface area contributed by atoms with Gasteiger partial charge in [0.1, 0.15) is 5.25 Å². The molecule has 0 radical (unpaired) electrons. The highest BCUT2D eigenvalue weighted by Gasteiger charge is 2.35. The minimum Gasteiger partial charge on any atom is -0.377 e. The minimum absolute atomic E-state index is 0.178. The summed E-state index contributed by atoms with van der Waals surface area (Å²) >= 11 is 0. The van der Waals surface area contributed by atoms with Crippen LogP contribution in [0.1, 0.15) is 46.5 Å². The van der Waals surface area contributed by atoms with E-state index < -0.39 is 10.0 Å². The van der Waals surface area contributed by atoms with Crippen LogP contribution < -0.4 is 4.72 Å². The Hall–Kier alpha value is -0.130. The molecule has 0 aromatic carbocycles. The molecule has 1 aliphatic rings. The summed E-state index contributed by atoms with van der Waals surface area (Å²) in [6, 6.07) is 0. The summed E-state index contributed by atoms with van der Waals surface area (Å²) < 4.78 is 31.9. The molecule has 5 heteroatoms. The third-order valence-corrected chi connectivity index (χ3v) is 5.24. The van der Waals surface area contributed by atoms with Crippen LogP contribution in [0, 0.1) is 5.92 Å². The number of rotatable bonds is 7. The summed E-state index contributed by atoms with van der Waals surface area (Å²) in [7, 11) is -3.18. The highest BCUT2D eigenvalue weighted by atomic mass is 32.2. The van der Waals surface area contributed by atoms with Crippen LogP contribution in [0.5, 0.6) is 0 Å². The van der Waals surface area contributed by atoms with Gasteiger partial charge in [-0.15, -0.1) is 0 Å².